The lowest BCUT2D eigenvalue weighted by atomic mass is 10.0. The molecule has 2 heterocycles. The second kappa shape index (κ2) is 5.30. The fourth-order valence-corrected chi connectivity index (χ4v) is 2.47. The Kier molecular flexibility index (Phi) is 3.77. The van der Waals surface area contributed by atoms with Gasteiger partial charge in [0.1, 0.15) is 5.82 Å². The van der Waals surface area contributed by atoms with E-state index in [-0.39, 0.29) is 5.78 Å². The first-order chi connectivity index (χ1) is 8.20. The highest BCUT2D eigenvalue weighted by Gasteiger charge is 2.22. The third kappa shape index (κ3) is 2.84. The van der Waals surface area contributed by atoms with Gasteiger partial charge in [0.25, 0.3) is 0 Å². The monoisotopic (exact) mass is 232 g/mol. The molecule has 0 spiro atoms. The summed E-state index contributed by atoms with van der Waals surface area (Å²) in [5.74, 6) is 1.90. The Morgan fingerprint density at radius 1 is 1.53 bits per heavy atom. The van der Waals surface area contributed by atoms with Crippen LogP contribution in [0.4, 0.5) is 5.82 Å². The molecule has 92 valence electrons. The molecule has 0 bridgehead atoms. The van der Waals surface area contributed by atoms with Gasteiger partial charge < -0.3 is 4.90 Å². The molecule has 1 fully saturated rings. The van der Waals surface area contributed by atoms with Crippen LogP contribution in [0, 0.1) is 5.92 Å². The van der Waals surface area contributed by atoms with Gasteiger partial charge in [0.15, 0.2) is 5.78 Å². The van der Waals surface area contributed by atoms with E-state index in [2.05, 4.69) is 16.8 Å². The summed E-state index contributed by atoms with van der Waals surface area (Å²) < 4.78 is 0. The molecule has 0 saturated carbocycles. The molecule has 0 aromatic carbocycles. The summed E-state index contributed by atoms with van der Waals surface area (Å²) in [7, 11) is 0. The van der Waals surface area contributed by atoms with Gasteiger partial charge in [0, 0.05) is 24.8 Å². The molecule has 1 atom stereocenters. The molecular weight excluding hydrogens is 212 g/mol. The van der Waals surface area contributed by atoms with E-state index in [9.17, 15) is 4.79 Å². The minimum absolute atomic E-state index is 0.0781. The predicted molar refractivity (Wildman–Crippen MR) is 69.5 cm³/mol. The number of aromatic nitrogens is 1. The maximum atomic E-state index is 11.2. The highest BCUT2D eigenvalue weighted by Crippen LogP contribution is 2.25. The van der Waals surface area contributed by atoms with Crippen LogP contribution >= 0.6 is 0 Å². The summed E-state index contributed by atoms with van der Waals surface area (Å²) in [5, 5.41) is 0. The van der Waals surface area contributed by atoms with Crippen LogP contribution in [0.15, 0.2) is 18.3 Å². The Balaban J connectivity index is 2.01. The Hall–Kier alpha value is -1.38. The van der Waals surface area contributed by atoms with Crippen molar-refractivity contribution in [1.29, 1.82) is 0 Å². The van der Waals surface area contributed by atoms with Crippen molar-refractivity contribution in [3.8, 4) is 0 Å². The zero-order valence-corrected chi connectivity index (χ0v) is 10.6. The summed E-state index contributed by atoms with van der Waals surface area (Å²) in [6.07, 6.45) is 5.52. The van der Waals surface area contributed by atoms with Crippen molar-refractivity contribution in [3.05, 3.63) is 23.9 Å². The largest absolute Gasteiger partial charge is 0.356 e. The van der Waals surface area contributed by atoms with Gasteiger partial charge in [-0.05, 0) is 37.8 Å². The highest BCUT2D eigenvalue weighted by molar-refractivity contribution is 5.93. The summed E-state index contributed by atoms with van der Waals surface area (Å²) in [6, 6.07) is 3.84. The number of carbonyl (C=O) groups excluding carboxylic acids is 1. The van der Waals surface area contributed by atoms with Crippen molar-refractivity contribution < 1.29 is 4.79 Å². The van der Waals surface area contributed by atoms with Crippen LogP contribution in [0.5, 0.6) is 0 Å². The van der Waals surface area contributed by atoms with Gasteiger partial charge in [-0.25, -0.2) is 4.98 Å². The molecule has 0 amide bonds. The summed E-state index contributed by atoms with van der Waals surface area (Å²) in [4.78, 5) is 17.9. The van der Waals surface area contributed by atoms with E-state index in [1.54, 1.807) is 13.1 Å². The van der Waals surface area contributed by atoms with Crippen LogP contribution in [-0.2, 0) is 0 Å². The number of Topliss-reactive ketones (excluding diaryl/α,β-unsaturated/α-hetero) is 1. The Morgan fingerprint density at radius 2 is 2.35 bits per heavy atom. The normalized spacial score (nSPS) is 19.6. The molecular formula is C14H20N2O. The zero-order chi connectivity index (χ0) is 12.3. The van der Waals surface area contributed by atoms with Crippen LogP contribution in [0.2, 0.25) is 0 Å². The topological polar surface area (TPSA) is 33.2 Å². The fraction of sp³-hybridized carbons (Fsp3) is 0.571. The molecule has 0 aliphatic carbocycles. The molecule has 17 heavy (non-hydrogen) atoms. The average molecular weight is 232 g/mol. The van der Waals surface area contributed by atoms with Crippen molar-refractivity contribution in [1.82, 2.24) is 4.98 Å². The minimum Gasteiger partial charge on any atom is -0.356 e. The van der Waals surface area contributed by atoms with Crippen molar-refractivity contribution in [3.63, 3.8) is 0 Å². The Morgan fingerprint density at radius 3 is 2.94 bits per heavy atom. The number of ketones is 1. The third-order valence-corrected chi connectivity index (χ3v) is 3.46. The lowest BCUT2D eigenvalue weighted by molar-refractivity contribution is 0.101. The van der Waals surface area contributed by atoms with E-state index < -0.39 is 0 Å². The molecule has 1 aromatic heterocycles. The Bertz CT molecular complexity index is 386. The number of hydrogen-bond donors (Lipinski definition) is 0. The molecule has 1 aromatic rings. The number of rotatable bonds is 4. The van der Waals surface area contributed by atoms with Gasteiger partial charge in [-0.15, -0.1) is 0 Å². The Labute approximate surface area is 103 Å². The number of nitrogens with zero attached hydrogens (tertiary/aromatic N) is 2. The summed E-state index contributed by atoms with van der Waals surface area (Å²) >= 11 is 0. The summed E-state index contributed by atoms with van der Waals surface area (Å²) in [6.45, 7) is 6.02. The lowest BCUT2D eigenvalue weighted by Gasteiger charge is -2.17. The van der Waals surface area contributed by atoms with Crippen LogP contribution in [0.3, 0.4) is 0 Å². The van der Waals surface area contributed by atoms with E-state index in [1.807, 2.05) is 12.1 Å². The average Bonchev–Trinajstić information content (AvgIpc) is 2.78. The van der Waals surface area contributed by atoms with E-state index in [1.165, 1.54) is 19.3 Å². The van der Waals surface area contributed by atoms with Gasteiger partial charge in [-0.2, -0.15) is 0 Å². The van der Waals surface area contributed by atoms with E-state index in [0.717, 1.165) is 24.8 Å². The maximum Gasteiger partial charge on any atom is 0.161 e. The first-order valence-corrected chi connectivity index (χ1v) is 6.42. The van der Waals surface area contributed by atoms with Crippen molar-refractivity contribution in [2.45, 2.75) is 33.1 Å². The van der Waals surface area contributed by atoms with E-state index in [4.69, 9.17) is 0 Å². The number of carbonyl (C=O) groups is 1. The highest BCUT2D eigenvalue weighted by atomic mass is 16.1. The minimum atomic E-state index is 0.0781. The van der Waals surface area contributed by atoms with Gasteiger partial charge >= 0.3 is 0 Å². The molecule has 2 rings (SSSR count). The van der Waals surface area contributed by atoms with Gasteiger partial charge in [0.2, 0.25) is 0 Å². The third-order valence-electron chi connectivity index (χ3n) is 3.46. The molecule has 0 N–H and O–H groups in total. The molecule has 1 saturated heterocycles. The standard InChI is InChI=1S/C14H20N2O/c1-3-4-12-7-8-16(10-12)14-6-5-13(9-15-14)11(2)17/h5-6,9,12H,3-4,7-8,10H2,1-2H3. The number of pyridine rings is 1. The molecule has 3 heteroatoms. The zero-order valence-electron chi connectivity index (χ0n) is 10.6. The van der Waals surface area contributed by atoms with Crippen LogP contribution in [0.25, 0.3) is 0 Å². The molecule has 1 aliphatic rings. The van der Waals surface area contributed by atoms with Gasteiger partial charge in [-0.3, -0.25) is 4.79 Å². The van der Waals surface area contributed by atoms with Crippen LogP contribution in [0.1, 0.15) is 43.5 Å². The molecule has 0 radical (unpaired) electrons. The van der Waals surface area contributed by atoms with Crippen molar-refractivity contribution in [2.24, 2.45) is 5.92 Å². The predicted octanol–water partition coefficient (Wildman–Crippen LogP) is 2.91. The van der Waals surface area contributed by atoms with Crippen LogP contribution < -0.4 is 4.90 Å². The maximum absolute atomic E-state index is 11.2. The van der Waals surface area contributed by atoms with Crippen LogP contribution in [-0.4, -0.2) is 23.9 Å². The van der Waals surface area contributed by atoms with Gasteiger partial charge in [-0.1, -0.05) is 13.3 Å². The van der Waals surface area contributed by atoms with E-state index in [0.29, 0.717) is 5.56 Å². The smallest absolute Gasteiger partial charge is 0.161 e. The number of anilines is 1. The lowest BCUT2D eigenvalue weighted by Crippen LogP contribution is -2.20. The van der Waals surface area contributed by atoms with Gasteiger partial charge in [0.05, 0.1) is 0 Å². The van der Waals surface area contributed by atoms with Crippen molar-refractivity contribution >= 4 is 11.6 Å². The first kappa shape index (κ1) is 12.1. The quantitative estimate of drug-likeness (QED) is 0.748. The fourth-order valence-electron chi connectivity index (χ4n) is 2.47. The first-order valence-electron chi connectivity index (χ1n) is 6.42. The van der Waals surface area contributed by atoms with E-state index >= 15 is 0 Å². The second-order valence-corrected chi connectivity index (χ2v) is 4.85. The number of hydrogen-bond acceptors (Lipinski definition) is 3. The van der Waals surface area contributed by atoms with Crippen molar-refractivity contribution in [2.75, 3.05) is 18.0 Å². The SMILES string of the molecule is CCCC1CCN(c2ccc(C(C)=O)cn2)C1. The summed E-state index contributed by atoms with van der Waals surface area (Å²) in [5.41, 5.74) is 0.693. The second-order valence-electron chi connectivity index (χ2n) is 4.85. The molecule has 1 aliphatic heterocycles. The molecule has 1 unspecified atom stereocenters. The molecule has 3 nitrogen and oxygen atoms in total.